The van der Waals surface area contributed by atoms with Crippen molar-refractivity contribution >= 4 is 5.91 Å². The highest BCUT2D eigenvalue weighted by Gasteiger charge is 2.37. The molecule has 2 heterocycles. The molecule has 156 valence electrons. The molecule has 0 fully saturated rings. The lowest BCUT2D eigenvalue weighted by Crippen LogP contribution is -2.34. The molecule has 1 aliphatic heterocycles. The Morgan fingerprint density at radius 3 is 2.30 bits per heavy atom. The highest BCUT2D eigenvalue weighted by Crippen LogP contribution is 2.30. The van der Waals surface area contributed by atoms with E-state index >= 15 is 0 Å². The molecule has 0 atom stereocenters. The monoisotopic (exact) mass is 417 g/mol. The molecular weight excluding hydrogens is 399 g/mol. The largest absolute Gasteiger partial charge is 0.493 e. The average Bonchev–Trinajstić information content (AvgIpc) is 3.11. The third-order valence-electron chi connectivity index (χ3n) is 5.14. The van der Waals surface area contributed by atoms with Crippen LogP contribution in [0.4, 0.5) is 13.2 Å². The number of imidazole rings is 1. The summed E-state index contributed by atoms with van der Waals surface area (Å²) >= 11 is 0. The van der Waals surface area contributed by atoms with Gasteiger partial charge in [0.1, 0.15) is 6.54 Å². The van der Waals surface area contributed by atoms with Gasteiger partial charge in [0.25, 0.3) is 5.91 Å². The van der Waals surface area contributed by atoms with Crippen molar-refractivity contribution in [2.24, 2.45) is 7.05 Å². The lowest BCUT2D eigenvalue weighted by Gasteiger charge is -2.17. The number of rotatable bonds is 4. The third kappa shape index (κ3) is 3.70. The lowest BCUT2D eigenvalue weighted by atomic mass is 9.99. The van der Waals surface area contributed by atoms with Gasteiger partial charge in [-0.1, -0.05) is 30.3 Å². The fraction of sp³-hybridized carbons (Fsp3) is 0.238. The van der Waals surface area contributed by atoms with E-state index in [0.717, 1.165) is 26.2 Å². The zero-order valence-electron chi connectivity index (χ0n) is 16.0. The number of carbonyl (C=O) groups excluding carboxylic acids is 1. The van der Waals surface area contributed by atoms with Gasteiger partial charge < -0.3 is 10.0 Å². The number of amides is 1. The zero-order chi connectivity index (χ0) is 21.6. The van der Waals surface area contributed by atoms with Gasteiger partial charge in [0.15, 0.2) is 0 Å². The highest BCUT2D eigenvalue weighted by molar-refractivity contribution is 5.99. The van der Waals surface area contributed by atoms with Gasteiger partial charge in [0.2, 0.25) is 5.88 Å². The van der Waals surface area contributed by atoms with Crippen molar-refractivity contribution in [3.05, 3.63) is 75.8 Å². The van der Waals surface area contributed by atoms with Crippen molar-refractivity contribution in [2.45, 2.75) is 19.3 Å². The van der Waals surface area contributed by atoms with Gasteiger partial charge in [0.05, 0.1) is 12.7 Å². The van der Waals surface area contributed by atoms with Crippen LogP contribution in [0.3, 0.4) is 0 Å². The van der Waals surface area contributed by atoms with Gasteiger partial charge in [-0.25, -0.2) is 4.79 Å². The number of aromatic hydroxyl groups is 1. The molecule has 0 spiro atoms. The van der Waals surface area contributed by atoms with Crippen molar-refractivity contribution in [2.75, 3.05) is 6.54 Å². The number of hydrogen-bond acceptors (Lipinski definition) is 3. The minimum absolute atomic E-state index is 0.0694. The van der Waals surface area contributed by atoms with E-state index in [1.165, 1.54) is 17.8 Å². The van der Waals surface area contributed by atoms with E-state index in [1.807, 2.05) is 24.3 Å². The third-order valence-corrected chi connectivity index (χ3v) is 5.14. The Morgan fingerprint density at radius 1 is 1.03 bits per heavy atom. The summed E-state index contributed by atoms with van der Waals surface area (Å²) in [5.74, 6) is -0.732. The molecule has 30 heavy (non-hydrogen) atoms. The van der Waals surface area contributed by atoms with Crippen LogP contribution in [0, 0.1) is 0 Å². The second kappa shape index (κ2) is 7.08. The zero-order valence-corrected chi connectivity index (χ0v) is 16.0. The topological polar surface area (TPSA) is 67.5 Å². The quantitative estimate of drug-likeness (QED) is 0.709. The van der Waals surface area contributed by atoms with Crippen molar-refractivity contribution in [3.63, 3.8) is 0 Å². The van der Waals surface area contributed by atoms with Crippen molar-refractivity contribution in [1.82, 2.24) is 14.0 Å². The Balaban J connectivity index is 1.53. The molecule has 4 rings (SSSR count). The average molecular weight is 417 g/mol. The van der Waals surface area contributed by atoms with E-state index in [4.69, 9.17) is 0 Å². The molecule has 0 unspecified atom stereocenters. The van der Waals surface area contributed by atoms with Gasteiger partial charge >= 0.3 is 11.9 Å². The number of benzene rings is 2. The van der Waals surface area contributed by atoms with E-state index in [2.05, 4.69) is 0 Å². The van der Waals surface area contributed by atoms with E-state index in [-0.39, 0.29) is 18.1 Å². The predicted octanol–water partition coefficient (Wildman–Crippen LogP) is 3.13. The number of aromatic nitrogens is 2. The van der Waals surface area contributed by atoms with Gasteiger partial charge in [0, 0.05) is 19.2 Å². The summed E-state index contributed by atoms with van der Waals surface area (Å²) in [6.45, 7) is -1.04. The smallest absolute Gasteiger partial charge is 0.406 e. The molecule has 0 radical (unpaired) electrons. The highest BCUT2D eigenvalue weighted by atomic mass is 19.4. The molecular formula is C21H18F3N3O3. The minimum Gasteiger partial charge on any atom is -0.493 e. The molecule has 9 heteroatoms. The summed E-state index contributed by atoms with van der Waals surface area (Å²) in [6, 6.07) is 12.4. The Labute approximate surface area is 169 Å². The predicted molar refractivity (Wildman–Crippen MR) is 103 cm³/mol. The summed E-state index contributed by atoms with van der Waals surface area (Å²) < 4.78 is 40.5. The molecule has 6 nitrogen and oxygen atoms in total. The van der Waals surface area contributed by atoms with Crippen LogP contribution in [-0.4, -0.2) is 37.8 Å². The maximum Gasteiger partial charge on any atom is 0.406 e. The van der Waals surface area contributed by atoms with Crippen LogP contribution in [0.25, 0.3) is 11.1 Å². The normalized spacial score (nSPS) is 13.7. The van der Waals surface area contributed by atoms with Crippen LogP contribution in [0.2, 0.25) is 0 Å². The van der Waals surface area contributed by atoms with Crippen LogP contribution in [0.15, 0.2) is 53.5 Å². The first-order chi connectivity index (χ1) is 14.1. The molecule has 3 aromatic rings. The Kier molecular flexibility index (Phi) is 4.68. The van der Waals surface area contributed by atoms with Crippen LogP contribution in [-0.2, 0) is 20.1 Å². The first-order valence-corrected chi connectivity index (χ1v) is 9.16. The molecule has 1 amide bonds. The summed E-state index contributed by atoms with van der Waals surface area (Å²) in [5, 5.41) is 9.62. The van der Waals surface area contributed by atoms with E-state index in [9.17, 15) is 27.9 Å². The van der Waals surface area contributed by atoms with E-state index < -0.39 is 18.6 Å². The Bertz CT molecular complexity index is 1180. The molecule has 1 N–H and O–H groups in total. The summed E-state index contributed by atoms with van der Waals surface area (Å²) in [5.41, 5.74) is 3.01. The number of fused-ring (bicyclic) bond motifs is 1. The molecule has 2 aromatic carbocycles. The van der Waals surface area contributed by atoms with Crippen molar-refractivity contribution in [3.8, 4) is 17.0 Å². The van der Waals surface area contributed by atoms with Crippen LogP contribution >= 0.6 is 0 Å². The van der Waals surface area contributed by atoms with E-state index in [0.29, 0.717) is 17.7 Å². The van der Waals surface area contributed by atoms with Gasteiger partial charge in [-0.2, -0.15) is 13.2 Å². The summed E-state index contributed by atoms with van der Waals surface area (Å²) in [7, 11) is 1.48. The summed E-state index contributed by atoms with van der Waals surface area (Å²) in [4.78, 5) is 25.0. The van der Waals surface area contributed by atoms with Crippen LogP contribution in [0.1, 0.15) is 21.5 Å². The molecule has 0 saturated carbocycles. The molecule has 0 aliphatic carbocycles. The van der Waals surface area contributed by atoms with Gasteiger partial charge in [-0.05, 0) is 34.4 Å². The van der Waals surface area contributed by atoms with Gasteiger partial charge in [-0.3, -0.25) is 13.9 Å². The molecule has 0 saturated heterocycles. The SMILES string of the molecule is Cn1c(O)cn(Cc2ccc(-c3ccc4c(c3)CN(CC(F)(F)F)C4=O)cc2)c1=O. The number of hydrogen-bond donors (Lipinski definition) is 1. The minimum atomic E-state index is -4.44. The van der Waals surface area contributed by atoms with Crippen molar-refractivity contribution in [1.29, 1.82) is 0 Å². The number of halogens is 3. The maximum absolute atomic E-state index is 12.7. The Morgan fingerprint density at radius 2 is 1.70 bits per heavy atom. The fourth-order valence-corrected chi connectivity index (χ4v) is 3.59. The first kappa shape index (κ1) is 19.8. The van der Waals surface area contributed by atoms with Crippen LogP contribution in [0.5, 0.6) is 5.88 Å². The van der Waals surface area contributed by atoms with Crippen LogP contribution < -0.4 is 5.69 Å². The molecule has 0 bridgehead atoms. The van der Waals surface area contributed by atoms with Gasteiger partial charge in [-0.15, -0.1) is 0 Å². The van der Waals surface area contributed by atoms with E-state index in [1.54, 1.807) is 18.2 Å². The number of nitrogens with zero attached hydrogens (tertiary/aromatic N) is 3. The second-order valence-electron chi connectivity index (χ2n) is 7.30. The Hall–Kier alpha value is -3.49. The first-order valence-electron chi connectivity index (χ1n) is 9.16. The summed E-state index contributed by atoms with van der Waals surface area (Å²) in [6.07, 6.45) is -3.08. The molecule has 1 aromatic heterocycles. The van der Waals surface area contributed by atoms with Crippen molar-refractivity contribution < 1.29 is 23.1 Å². The lowest BCUT2D eigenvalue weighted by molar-refractivity contribution is -0.140. The molecule has 1 aliphatic rings. The standard InChI is InChI=1S/C21H18F3N3O3/c1-25-18(28)11-26(20(25)30)9-13-2-4-14(5-3-13)15-6-7-17-16(8-15)10-27(19(17)29)12-21(22,23)24/h2-8,11,28H,9-10,12H2,1H3. The number of alkyl halides is 3. The second-order valence-corrected chi connectivity index (χ2v) is 7.30. The number of carbonyl (C=O) groups is 1. The fourth-order valence-electron chi connectivity index (χ4n) is 3.59. The maximum atomic E-state index is 12.7.